The molecule has 2 fully saturated rings. The van der Waals surface area contributed by atoms with E-state index in [0.29, 0.717) is 24.1 Å². The molecule has 1 aromatic heterocycles. The summed E-state index contributed by atoms with van der Waals surface area (Å²) in [4.78, 5) is 27.8. The molecule has 0 aliphatic carbocycles. The first kappa shape index (κ1) is 25.7. The van der Waals surface area contributed by atoms with E-state index in [2.05, 4.69) is 12.4 Å². The lowest BCUT2D eigenvalue weighted by molar-refractivity contribution is -0.890. The largest absolute Gasteiger partial charge is 1.00 e. The van der Waals surface area contributed by atoms with Crippen molar-refractivity contribution in [2.24, 2.45) is 0 Å². The molecular formula is C26H26F2IN3O2S. The number of carbonyl (C=O) groups is 2. The zero-order valence-corrected chi connectivity index (χ0v) is 22.2. The van der Waals surface area contributed by atoms with Gasteiger partial charge in [0.2, 0.25) is 5.78 Å². The van der Waals surface area contributed by atoms with E-state index in [1.165, 1.54) is 35.6 Å². The van der Waals surface area contributed by atoms with Gasteiger partial charge in [0.25, 0.3) is 0 Å². The van der Waals surface area contributed by atoms with Gasteiger partial charge in [-0.1, -0.05) is 24.3 Å². The normalized spacial score (nSPS) is 23.1. The second kappa shape index (κ2) is 9.94. The molecule has 5 rings (SSSR count). The molecule has 2 aliphatic heterocycles. The molecule has 0 spiro atoms. The number of amides is 2. The van der Waals surface area contributed by atoms with E-state index >= 15 is 0 Å². The Hall–Kier alpha value is -2.37. The molecular weight excluding hydrogens is 583 g/mol. The highest BCUT2D eigenvalue weighted by Gasteiger charge is 2.50. The number of hydrogen-bond donors (Lipinski definition) is 1. The molecule has 0 radical (unpaired) electrons. The van der Waals surface area contributed by atoms with Crippen molar-refractivity contribution in [3.05, 3.63) is 93.7 Å². The number of halogens is 3. The fourth-order valence-electron chi connectivity index (χ4n) is 5.29. The first-order valence-corrected chi connectivity index (χ1v) is 12.2. The van der Waals surface area contributed by atoms with Crippen molar-refractivity contribution >= 4 is 23.2 Å². The van der Waals surface area contributed by atoms with E-state index in [4.69, 9.17) is 0 Å². The van der Waals surface area contributed by atoms with Crippen LogP contribution >= 0.6 is 11.3 Å². The summed E-state index contributed by atoms with van der Waals surface area (Å²) in [5, 5.41) is 6.90. The summed E-state index contributed by atoms with van der Waals surface area (Å²) in [6.07, 6.45) is 0.782. The van der Waals surface area contributed by atoms with Gasteiger partial charge in [-0.05, 0) is 46.8 Å². The van der Waals surface area contributed by atoms with Gasteiger partial charge in [-0.3, -0.25) is 4.79 Å². The van der Waals surface area contributed by atoms with E-state index in [0.717, 1.165) is 29.7 Å². The van der Waals surface area contributed by atoms with Gasteiger partial charge in [-0.15, -0.1) is 0 Å². The summed E-state index contributed by atoms with van der Waals surface area (Å²) >= 11 is 1.51. The van der Waals surface area contributed by atoms with Gasteiger partial charge < -0.3 is 38.7 Å². The highest BCUT2D eigenvalue weighted by molar-refractivity contribution is 7.08. The molecule has 5 nitrogen and oxygen atoms in total. The molecule has 0 unspecified atom stereocenters. The number of quaternary nitrogens is 1. The van der Waals surface area contributed by atoms with Crippen LogP contribution in [0.2, 0.25) is 0 Å². The molecule has 2 atom stereocenters. The van der Waals surface area contributed by atoms with Crippen molar-refractivity contribution in [3.63, 3.8) is 0 Å². The molecule has 3 heterocycles. The van der Waals surface area contributed by atoms with Crippen molar-refractivity contribution in [1.82, 2.24) is 10.2 Å². The van der Waals surface area contributed by atoms with Crippen LogP contribution in [0, 0.1) is 11.6 Å². The Balaban J connectivity index is 0.00000289. The maximum atomic E-state index is 13.7. The minimum absolute atomic E-state index is 0. The van der Waals surface area contributed by atoms with Crippen LogP contribution in [-0.2, 0) is 5.54 Å². The second-order valence-electron chi connectivity index (χ2n) is 9.54. The number of nitrogens with one attached hydrogen (secondary N) is 1. The fraction of sp³-hybridized carbons (Fsp3) is 0.308. The lowest BCUT2D eigenvalue weighted by Crippen LogP contribution is -3.00. The van der Waals surface area contributed by atoms with Crippen molar-refractivity contribution in [3.8, 4) is 0 Å². The van der Waals surface area contributed by atoms with Crippen LogP contribution < -0.4 is 29.3 Å². The average Bonchev–Trinajstić information content (AvgIpc) is 3.54. The smallest absolute Gasteiger partial charge is 0.319 e. The summed E-state index contributed by atoms with van der Waals surface area (Å²) in [7, 11) is 2.06. The quantitative estimate of drug-likeness (QED) is 0.261. The summed E-state index contributed by atoms with van der Waals surface area (Å²) in [5.74, 6) is -0.612. The highest BCUT2D eigenvalue weighted by Crippen LogP contribution is 2.37. The van der Waals surface area contributed by atoms with Crippen LogP contribution in [0.5, 0.6) is 0 Å². The van der Waals surface area contributed by atoms with Crippen LogP contribution in [0.1, 0.15) is 27.9 Å². The summed E-state index contributed by atoms with van der Waals surface area (Å²) in [6, 6.07) is 13.7. The number of likely N-dealkylation sites (N-methyl/N-ethyl adjacent to an activating group) is 1. The van der Waals surface area contributed by atoms with Crippen molar-refractivity contribution in [2.45, 2.75) is 18.0 Å². The first-order chi connectivity index (χ1) is 16.3. The summed E-state index contributed by atoms with van der Waals surface area (Å²) < 4.78 is 27.9. The first-order valence-electron chi connectivity index (χ1n) is 11.3. The Morgan fingerprint density at radius 1 is 1.09 bits per heavy atom. The van der Waals surface area contributed by atoms with Crippen LogP contribution in [0.4, 0.5) is 13.6 Å². The maximum absolute atomic E-state index is 13.7. The van der Waals surface area contributed by atoms with Crippen molar-refractivity contribution in [2.75, 3.05) is 33.2 Å². The predicted octanol–water partition coefficient (Wildman–Crippen LogP) is 1.40. The van der Waals surface area contributed by atoms with Gasteiger partial charge >= 0.3 is 6.03 Å². The monoisotopic (exact) mass is 609 g/mol. The maximum Gasteiger partial charge on any atom is 0.319 e. The number of benzene rings is 2. The Bertz CT molecular complexity index is 1160. The second-order valence-corrected chi connectivity index (χ2v) is 10.3. The van der Waals surface area contributed by atoms with Crippen molar-refractivity contribution < 1.29 is 46.8 Å². The molecule has 3 aromatic rings. The zero-order chi connectivity index (χ0) is 23.9. The van der Waals surface area contributed by atoms with Gasteiger partial charge in [0.05, 0.1) is 32.7 Å². The van der Waals surface area contributed by atoms with Crippen LogP contribution in [0.15, 0.2) is 65.4 Å². The predicted molar refractivity (Wildman–Crippen MR) is 127 cm³/mol. The molecule has 2 saturated heterocycles. The molecule has 2 aliphatic rings. The minimum atomic E-state index is -0.920. The number of nitrogens with zero attached hydrogens (tertiary/aromatic N) is 2. The van der Waals surface area contributed by atoms with Crippen LogP contribution in [0.3, 0.4) is 0 Å². The van der Waals surface area contributed by atoms with E-state index < -0.39 is 5.54 Å². The van der Waals surface area contributed by atoms with E-state index in [9.17, 15) is 18.4 Å². The Morgan fingerprint density at radius 2 is 1.69 bits per heavy atom. The summed E-state index contributed by atoms with van der Waals surface area (Å²) in [6.45, 7) is 2.20. The van der Waals surface area contributed by atoms with E-state index in [-0.39, 0.29) is 53.5 Å². The topological polar surface area (TPSA) is 49.4 Å². The standard InChI is InChI=1S/C26H25F2N3O2S.HI/c1-31(15-24(32)18-11-13-34-16-18)12-10-23(14-31)30-17-26(29-25(30)33,19-2-6-21(27)7-3-19)20-4-8-22(28)9-5-20;/h2-9,11,13,16,23H,10,12,14-15,17H2,1H3;1H/t23-,31+;/m1./s1. The Morgan fingerprint density at radius 3 is 2.23 bits per heavy atom. The van der Waals surface area contributed by atoms with Gasteiger partial charge in [0, 0.05) is 17.4 Å². The average molecular weight is 609 g/mol. The molecule has 0 bridgehead atoms. The number of rotatable bonds is 6. The Kier molecular flexibility index (Phi) is 7.31. The highest BCUT2D eigenvalue weighted by atomic mass is 127. The number of thiophene rings is 1. The SMILES string of the molecule is C[N@+]1(CC(=O)c2ccsc2)CC[C@@H](N2CC(c3ccc(F)cc3)(c3ccc(F)cc3)NC2=O)C1.[I-]. The lowest BCUT2D eigenvalue weighted by atomic mass is 9.83. The van der Waals surface area contributed by atoms with Crippen LogP contribution in [0.25, 0.3) is 0 Å². The molecule has 0 saturated carbocycles. The minimum Gasteiger partial charge on any atom is -1.00 e. The molecule has 1 N–H and O–H groups in total. The molecule has 184 valence electrons. The number of urea groups is 1. The van der Waals surface area contributed by atoms with Crippen LogP contribution in [-0.4, -0.2) is 60.5 Å². The van der Waals surface area contributed by atoms with Gasteiger partial charge in [0.1, 0.15) is 23.7 Å². The van der Waals surface area contributed by atoms with E-state index in [1.54, 1.807) is 24.3 Å². The molecule has 2 aromatic carbocycles. The lowest BCUT2D eigenvalue weighted by Gasteiger charge is -2.32. The summed E-state index contributed by atoms with van der Waals surface area (Å²) in [5.41, 5.74) is 1.29. The number of Topliss-reactive ketones (excluding diaryl/α,β-unsaturated/α-hetero) is 1. The number of likely N-dealkylation sites (tertiary alicyclic amines) is 1. The third-order valence-electron chi connectivity index (χ3n) is 7.13. The number of hydrogen-bond acceptors (Lipinski definition) is 3. The molecule has 2 amide bonds. The van der Waals surface area contributed by atoms with Gasteiger partial charge in [-0.25, -0.2) is 13.6 Å². The fourth-order valence-corrected chi connectivity index (χ4v) is 5.95. The third-order valence-corrected chi connectivity index (χ3v) is 7.81. The van der Waals surface area contributed by atoms with Gasteiger partial charge in [0.15, 0.2) is 0 Å². The molecule has 9 heteroatoms. The van der Waals surface area contributed by atoms with Gasteiger partial charge in [-0.2, -0.15) is 11.3 Å². The van der Waals surface area contributed by atoms with Crippen molar-refractivity contribution in [1.29, 1.82) is 0 Å². The van der Waals surface area contributed by atoms with E-state index in [1.807, 2.05) is 21.7 Å². The third kappa shape index (κ3) is 4.99. The molecule has 35 heavy (non-hydrogen) atoms. The zero-order valence-electron chi connectivity index (χ0n) is 19.2. The Labute approximate surface area is 224 Å². The number of carbonyl (C=O) groups excluding carboxylic acids is 2. The number of ketones is 1.